The average molecular weight is 344 g/mol. The molecule has 1 unspecified atom stereocenters. The van der Waals surface area contributed by atoms with Crippen molar-refractivity contribution in [2.75, 3.05) is 0 Å². The summed E-state index contributed by atoms with van der Waals surface area (Å²) in [6.45, 7) is 2.07. The van der Waals surface area contributed by atoms with Crippen molar-refractivity contribution >= 4 is 15.9 Å². The zero-order valence-corrected chi connectivity index (χ0v) is 12.7. The van der Waals surface area contributed by atoms with Crippen LogP contribution in [0.5, 0.6) is 0 Å². The number of nitrogens with two attached hydrogens (primary N) is 1. The Kier molecular flexibility index (Phi) is 4.88. The molecule has 0 fully saturated rings. The molecule has 0 aliphatic carbocycles. The van der Waals surface area contributed by atoms with E-state index in [1.807, 2.05) is 6.92 Å². The molecule has 0 saturated carbocycles. The number of nitrogens with zero attached hydrogens (tertiary/aromatic N) is 2. The van der Waals surface area contributed by atoms with Gasteiger partial charge in [-0.25, -0.2) is 8.78 Å². The molecule has 0 saturated heterocycles. The van der Waals surface area contributed by atoms with Crippen LogP contribution in [0.1, 0.15) is 24.5 Å². The highest BCUT2D eigenvalue weighted by atomic mass is 79.9. The molecule has 2 rings (SSSR count). The maximum Gasteiger partial charge on any atom is 0.145 e. The van der Waals surface area contributed by atoms with Crippen molar-refractivity contribution in [2.45, 2.75) is 32.4 Å². The van der Waals surface area contributed by atoms with Crippen molar-refractivity contribution in [3.05, 3.63) is 51.8 Å². The van der Waals surface area contributed by atoms with E-state index < -0.39 is 11.6 Å². The summed E-state index contributed by atoms with van der Waals surface area (Å²) in [5.74, 6) is -1.17. The third-order valence-electron chi connectivity index (χ3n) is 3.17. The van der Waals surface area contributed by atoms with E-state index in [2.05, 4.69) is 21.0 Å². The van der Waals surface area contributed by atoms with Gasteiger partial charge in [-0.2, -0.15) is 5.10 Å². The lowest BCUT2D eigenvalue weighted by Crippen LogP contribution is -2.21. The van der Waals surface area contributed by atoms with Crippen LogP contribution < -0.4 is 5.73 Å². The molecule has 0 radical (unpaired) electrons. The lowest BCUT2D eigenvalue weighted by atomic mass is 10.1. The number of halogens is 3. The van der Waals surface area contributed by atoms with Crippen LogP contribution in [0, 0.1) is 11.6 Å². The molecule has 1 heterocycles. The molecule has 0 amide bonds. The van der Waals surface area contributed by atoms with E-state index in [-0.39, 0.29) is 22.6 Å². The Bertz CT molecular complexity index is 598. The number of benzene rings is 1. The summed E-state index contributed by atoms with van der Waals surface area (Å²) in [5, 5.41) is 4.12. The molecule has 2 aromatic rings. The fourth-order valence-electron chi connectivity index (χ4n) is 1.92. The Balaban J connectivity index is 2.17. The Morgan fingerprint density at radius 1 is 1.40 bits per heavy atom. The Labute approximate surface area is 124 Å². The minimum Gasteiger partial charge on any atom is -0.327 e. The number of rotatable bonds is 5. The quantitative estimate of drug-likeness (QED) is 0.847. The van der Waals surface area contributed by atoms with Crippen molar-refractivity contribution in [1.29, 1.82) is 0 Å². The second-order valence-corrected chi connectivity index (χ2v) is 5.59. The number of hydrogen-bond donors (Lipinski definition) is 1. The van der Waals surface area contributed by atoms with Gasteiger partial charge in [-0.1, -0.05) is 6.92 Å². The van der Waals surface area contributed by atoms with Crippen molar-refractivity contribution < 1.29 is 8.78 Å². The van der Waals surface area contributed by atoms with Gasteiger partial charge in [0.1, 0.15) is 11.6 Å². The van der Waals surface area contributed by atoms with Crippen molar-refractivity contribution in [3.8, 4) is 0 Å². The van der Waals surface area contributed by atoms with Crippen LogP contribution in [0.3, 0.4) is 0 Å². The molecule has 1 atom stereocenters. The first-order valence-corrected chi connectivity index (χ1v) is 7.19. The monoisotopic (exact) mass is 343 g/mol. The van der Waals surface area contributed by atoms with Crippen LogP contribution >= 0.6 is 15.9 Å². The number of aromatic nitrogens is 2. The predicted octanol–water partition coefficient (Wildman–Crippen LogP) is 3.25. The maximum absolute atomic E-state index is 13.9. The van der Waals surface area contributed by atoms with E-state index in [4.69, 9.17) is 5.73 Å². The summed E-state index contributed by atoms with van der Waals surface area (Å²) in [6.07, 6.45) is 5.04. The molecule has 3 nitrogen and oxygen atoms in total. The fourth-order valence-corrected chi connectivity index (χ4v) is 2.29. The van der Waals surface area contributed by atoms with E-state index in [1.165, 1.54) is 16.8 Å². The summed E-state index contributed by atoms with van der Waals surface area (Å²) in [4.78, 5) is 0. The van der Waals surface area contributed by atoms with Gasteiger partial charge in [0.2, 0.25) is 0 Å². The molecule has 108 valence electrons. The molecular formula is C14H16BrF2N3. The van der Waals surface area contributed by atoms with Crippen LogP contribution in [0.25, 0.3) is 0 Å². The van der Waals surface area contributed by atoms with Gasteiger partial charge < -0.3 is 5.73 Å². The second kappa shape index (κ2) is 6.45. The van der Waals surface area contributed by atoms with Gasteiger partial charge >= 0.3 is 0 Å². The minimum absolute atomic E-state index is 0.00573. The summed E-state index contributed by atoms with van der Waals surface area (Å²) < 4.78 is 29.3. The van der Waals surface area contributed by atoms with Crippen molar-refractivity contribution in [3.63, 3.8) is 0 Å². The first-order valence-electron chi connectivity index (χ1n) is 6.40. The maximum atomic E-state index is 13.9. The summed E-state index contributed by atoms with van der Waals surface area (Å²) in [6, 6.07) is 2.66. The third-order valence-corrected chi connectivity index (χ3v) is 3.78. The zero-order valence-electron chi connectivity index (χ0n) is 11.1. The molecule has 20 heavy (non-hydrogen) atoms. The van der Waals surface area contributed by atoms with Gasteiger partial charge in [-0.3, -0.25) is 4.68 Å². The molecule has 6 heteroatoms. The molecule has 1 aromatic carbocycles. The zero-order chi connectivity index (χ0) is 14.7. The molecule has 0 aliphatic rings. The normalized spacial score (nSPS) is 12.7. The van der Waals surface area contributed by atoms with E-state index >= 15 is 0 Å². The van der Waals surface area contributed by atoms with E-state index in [0.29, 0.717) is 6.42 Å². The highest BCUT2D eigenvalue weighted by Crippen LogP contribution is 2.22. The first kappa shape index (κ1) is 15.1. The number of hydrogen-bond acceptors (Lipinski definition) is 2. The molecule has 0 bridgehead atoms. The Morgan fingerprint density at radius 3 is 2.85 bits per heavy atom. The van der Waals surface area contributed by atoms with Crippen LogP contribution in [-0.2, 0) is 13.0 Å². The topological polar surface area (TPSA) is 43.8 Å². The molecular weight excluding hydrogens is 328 g/mol. The van der Waals surface area contributed by atoms with Gasteiger partial charge in [-0.15, -0.1) is 0 Å². The van der Waals surface area contributed by atoms with Crippen LogP contribution in [0.15, 0.2) is 29.0 Å². The largest absolute Gasteiger partial charge is 0.327 e. The lowest BCUT2D eigenvalue weighted by Gasteiger charge is -2.07. The second-order valence-electron chi connectivity index (χ2n) is 4.74. The summed E-state index contributed by atoms with van der Waals surface area (Å²) >= 11 is 3.05. The van der Waals surface area contributed by atoms with Crippen LogP contribution in [0.2, 0.25) is 0 Å². The van der Waals surface area contributed by atoms with Gasteiger partial charge in [-0.05, 0) is 46.5 Å². The minimum atomic E-state index is -0.590. The molecule has 0 aliphatic heterocycles. The lowest BCUT2D eigenvalue weighted by molar-refractivity contribution is 0.529. The first-order chi connectivity index (χ1) is 9.51. The van der Waals surface area contributed by atoms with Gasteiger partial charge in [0.05, 0.1) is 17.2 Å². The Morgan fingerprint density at radius 2 is 2.15 bits per heavy atom. The average Bonchev–Trinajstić information content (AvgIpc) is 2.86. The predicted molar refractivity (Wildman–Crippen MR) is 77.4 cm³/mol. The Hall–Kier alpha value is -1.27. The van der Waals surface area contributed by atoms with Crippen LogP contribution in [-0.4, -0.2) is 15.8 Å². The summed E-state index contributed by atoms with van der Waals surface area (Å²) in [5.41, 5.74) is 6.83. The van der Waals surface area contributed by atoms with Gasteiger partial charge in [0.25, 0.3) is 0 Å². The fraction of sp³-hybridized carbons (Fsp3) is 0.357. The SMILES string of the molecule is CCC(N)Cc1cnn(Cc2c(F)ccc(Br)c2F)c1. The highest BCUT2D eigenvalue weighted by Gasteiger charge is 2.13. The van der Waals surface area contributed by atoms with E-state index in [1.54, 1.807) is 12.4 Å². The van der Waals surface area contributed by atoms with Crippen molar-refractivity contribution in [2.24, 2.45) is 5.73 Å². The van der Waals surface area contributed by atoms with Crippen LogP contribution in [0.4, 0.5) is 8.78 Å². The highest BCUT2D eigenvalue weighted by molar-refractivity contribution is 9.10. The molecule has 1 aromatic heterocycles. The van der Waals surface area contributed by atoms with E-state index in [0.717, 1.165) is 12.0 Å². The smallest absolute Gasteiger partial charge is 0.145 e. The molecule has 0 spiro atoms. The van der Waals surface area contributed by atoms with Gasteiger partial charge in [0, 0.05) is 17.8 Å². The standard InChI is InChI=1S/C14H16BrF2N3/c1-2-10(18)5-9-6-19-20(7-9)8-11-13(16)4-3-12(15)14(11)17/h3-4,6-7,10H,2,5,8,18H2,1H3. The summed E-state index contributed by atoms with van der Waals surface area (Å²) in [7, 11) is 0. The van der Waals surface area contributed by atoms with Gasteiger partial charge in [0.15, 0.2) is 0 Å². The third kappa shape index (κ3) is 3.43. The van der Waals surface area contributed by atoms with E-state index in [9.17, 15) is 8.78 Å². The molecule has 2 N–H and O–H groups in total. The van der Waals surface area contributed by atoms with Crippen molar-refractivity contribution in [1.82, 2.24) is 9.78 Å².